The molecule has 0 aliphatic heterocycles. The predicted octanol–water partition coefficient (Wildman–Crippen LogP) is 2.75. The van der Waals surface area contributed by atoms with Crippen LogP contribution < -0.4 is 5.32 Å². The fourth-order valence-corrected chi connectivity index (χ4v) is 2.20. The van der Waals surface area contributed by atoms with Crippen LogP contribution in [-0.4, -0.2) is 23.2 Å². The minimum absolute atomic E-state index is 0.0952. The Bertz CT molecular complexity index is 571. The Hall–Kier alpha value is -1.86. The Balaban J connectivity index is 2.85. The molecular formula is C18H26N2O2. The van der Waals surface area contributed by atoms with Gasteiger partial charge in [-0.1, -0.05) is 32.4 Å². The Kier molecular flexibility index (Phi) is 5.73. The molecule has 0 heterocycles. The van der Waals surface area contributed by atoms with Gasteiger partial charge in [0.1, 0.15) is 0 Å². The molecule has 0 aliphatic rings. The van der Waals surface area contributed by atoms with Crippen molar-refractivity contribution in [3.8, 4) is 6.07 Å². The lowest BCUT2D eigenvalue weighted by atomic mass is 9.82. The number of carbonyl (C=O) groups excluding carboxylic acids is 1. The van der Waals surface area contributed by atoms with Crippen molar-refractivity contribution < 1.29 is 9.90 Å². The zero-order valence-corrected chi connectivity index (χ0v) is 14.1. The minimum atomic E-state index is -0.936. The molecule has 2 unspecified atom stereocenters. The first kappa shape index (κ1) is 18.2. The molecule has 0 bridgehead atoms. The molecule has 0 aromatic heterocycles. The van der Waals surface area contributed by atoms with Crippen molar-refractivity contribution in [2.75, 3.05) is 6.54 Å². The Morgan fingerprint density at radius 3 is 2.59 bits per heavy atom. The summed E-state index contributed by atoms with van der Waals surface area (Å²) in [5.41, 5.74) is -0.384. The van der Waals surface area contributed by atoms with Gasteiger partial charge < -0.3 is 10.4 Å². The van der Waals surface area contributed by atoms with E-state index in [1.165, 1.54) is 0 Å². The van der Waals surface area contributed by atoms with Crippen LogP contribution in [0.4, 0.5) is 0 Å². The predicted molar refractivity (Wildman–Crippen MR) is 87.3 cm³/mol. The van der Waals surface area contributed by atoms with Crippen molar-refractivity contribution in [3.63, 3.8) is 0 Å². The van der Waals surface area contributed by atoms with Crippen molar-refractivity contribution in [2.45, 2.75) is 52.1 Å². The zero-order chi connectivity index (χ0) is 17.0. The van der Waals surface area contributed by atoms with Crippen LogP contribution >= 0.6 is 0 Å². The maximum atomic E-state index is 12.5. The van der Waals surface area contributed by atoms with Crippen LogP contribution in [0.1, 0.15) is 52.2 Å². The Morgan fingerprint density at radius 1 is 1.41 bits per heavy atom. The molecule has 0 aliphatic carbocycles. The van der Waals surface area contributed by atoms with E-state index < -0.39 is 11.0 Å². The molecule has 1 rings (SSSR count). The van der Waals surface area contributed by atoms with Crippen molar-refractivity contribution >= 4 is 5.91 Å². The van der Waals surface area contributed by atoms with Gasteiger partial charge in [0.05, 0.1) is 22.6 Å². The molecule has 120 valence electrons. The van der Waals surface area contributed by atoms with Gasteiger partial charge in [0.15, 0.2) is 0 Å². The summed E-state index contributed by atoms with van der Waals surface area (Å²) in [4.78, 5) is 12.5. The van der Waals surface area contributed by atoms with Gasteiger partial charge in [0, 0.05) is 6.54 Å². The smallest absolute Gasteiger partial charge is 0.230 e. The van der Waals surface area contributed by atoms with E-state index in [9.17, 15) is 9.90 Å². The molecule has 2 atom stereocenters. The highest BCUT2D eigenvalue weighted by atomic mass is 16.3. The molecule has 1 amide bonds. The molecular weight excluding hydrogens is 276 g/mol. The molecule has 4 nitrogen and oxygen atoms in total. The summed E-state index contributed by atoms with van der Waals surface area (Å²) in [6.07, 6.45) is 0.844. The number of nitrogens with one attached hydrogen (secondary N) is 1. The van der Waals surface area contributed by atoms with Crippen LogP contribution in [0.2, 0.25) is 0 Å². The SMILES string of the molecule is CCC(C)C(C)(O)CNC(=O)C(C)(C)c1cccc(C#N)c1. The lowest BCUT2D eigenvalue weighted by Crippen LogP contribution is -2.49. The second-order valence-corrected chi connectivity index (χ2v) is 6.67. The van der Waals surface area contributed by atoms with Crippen LogP contribution in [0.15, 0.2) is 24.3 Å². The summed E-state index contributed by atoms with van der Waals surface area (Å²) < 4.78 is 0. The molecule has 0 saturated carbocycles. The monoisotopic (exact) mass is 302 g/mol. The van der Waals surface area contributed by atoms with Crippen molar-refractivity contribution in [1.29, 1.82) is 5.26 Å². The fraction of sp³-hybridized carbons (Fsp3) is 0.556. The quantitative estimate of drug-likeness (QED) is 0.848. The number of benzene rings is 1. The molecule has 2 N–H and O–H groups in total. The van der Waals surface area contributed by atoms with E-state index in [0.29, 0.717) is 5.56 Å². The van der Waals surface area contributed by atoms with E-state index >= 15 is 0 Å². The summed E-state index contributed by atoms with van der Waals surface area (Å²) in [7, 11) is 0. The van der Waals surface area contributed by atoms with E-state index in [-0.39, 0.29) is 18.4 Å². The van der Waals surface area contributed by atoms with E-state index in [0.717, 1.165) is 12.0 Å². The summed E-state index contributed by atoms with van der Waals surface area (Å²) in [5.74, 6) is -0.0657. The van der Waals surface area contributed by atoms with Crippen molar-refractivity contribution in [3.05, 3.63) is 35.4 Å². The summed E-state index contributed by atoms with van der Waals surface area (Å²) in [6.45, 7) is 9.56. The van der Waals surface area contributed by atoms with Gasteiger partial charge in [-0.05, 0) is 44.4 Å². The van der Waals surface area contributed by atoms with Crippen LogP contribution in [0.25, 0.3) is 0 Å². The highest BCUT2D eigenvalue weighted by molar-refractivity contribution is 5.87. The van der Waals surface area contributed by atoms with Crippen LogP contribution in [-0.2, 0) is 10.2 Å². The molecule has 22 heavy (non-hydrogen) atoms. The van der Waals surface area contributed by atoms with E-state index in [1.807, 2.05) is 33.8 Å². The highest BCUT2D eigenvalue weighted by Gasteiger charge is 2.33. The van der Waals surface area contributed by atoms with Crippen LogP contribution in [0.5, 0.6) is 0 Å². The molecule has 0 spiro atoms. The van der Waals surface area contributed by atoms with Crippen LogP contribution in [0.3, 0.4) is 0 Å². The normalized spacial score (nSPS) is 15.5. The lowest BCUT2D eigenvalue weighted by molar-refractivity contribution is -0.127. The summed E-state index contributed by atoms with van der Waals surface area (Å²) >= 11 is 0. The Morgan fingerprint density at radius 2 is 2.05 bits per heavy atom. The minimum Gasteiger partial charge on any atom is -0.388 e. The number of rotatable bonds is 6. The number of aliphatic hydroxyl groups is 1. The first-order chi connectivity index (χ1) is 10.1. The van der Waals surface area contributed by atoms with Crippen LogP contribution in [0, 0.1) is 17.2 Å². The number of nitriles is 1. The highest BCUT2D eigenvalue weighted by Crippen LogP contribution is 2.25. The molecule has 1 aromatic carbocycles. The largest absolute Gasteiger partial charge is 0.388 e. The molecule has 0 radical (unpaired) electrons. The summed E-state index contributed by atoms with van der Waals surface area (Å²) in [6, 6.07) is 9.14. The summed E-state index contributed by atoms with van der Waals surface area (Å²) in [5, 5.41) is 22.2. The van der Waals surface area contributed by atoms with Crippen molar-refractivity contribution in [1.82, 2.24) is 5.32 Å². The maximum absolute atomic E-state index is 12.5. The van der Waals surface area contributed by atoms with Gasteiger partial charge in [0.2, 0.25) is 5.91 Å². The average molecular weight is 302 g/mol. The number of amides is 1. The van der Waals surface area contributed by atoms with Gasteiger partial charge in [-0.3, -0.25) is 4.79 Å². The van der Waals surface area contributed by atoms with E-state index in [4.69, 9.17) is 5.26 Å². The molecule has 1 aromatic rings. The van der Waals surface area contributed by atoms with E-state index in [2.05, 4.69) is 11.4 Å². The van der Waals surface area contributed by atoms with Gasteiger partial charge >= 0.3 is 0 Å². The molecule has 0 saturated heterocycles. The standard InChI is InChI=1S/C18H26N2O2/c1-6-13(2)18(5,22)12-20-16(21)17(3,4)15-9-7-8-14(10-15)11-19/h7-10,13,22H,6,12H2,1-5H3,(H,20,21). The first-order valence-electron chi connectivity index (χ1n) is 7.66. The second kappa shape index (κ2) is 6.93. The maximum Gasteiger partial charge on any atom is 0.230 e. The topological polar surface area (TPSA) is 73.1 Å². The number of nitrogens with zero attached hydrogens (tertiary/aromatic N) is 1. The molecule has 0 fully saturated rings. The first-order valence-corrected chi connectivity index (χ1v) is 7.66. The second-order valence-electron chi connectivity index (χ2n) is 6.67. The third-order valence-electron chi connectivity index (χ3n) is 4.56. The average Bonchev–Trinajstić information content (AvgIpc) is 2.51. The fourth-order valence-electron chi connectivity index (χ4n) is 2.20. The zero-order valence-electron chi connectivity index (χ0n) is 14.1. The Labute approximate surface area is 133 Å². The number of carbonyl (C=O) groups is 1. The number of hydrogen-bond acceptors (Lipinski definition) is 3. The van der Waals surface area contributed by atoms with Gasteiger partial charge in [-0.15, -0.1) is 0 Å². The number of hydrogen-bond donors (Lipinski definition) is 2. The van der Waals surface area contributed by atoms with E-state index in [1.54, 1.807) is 25.1 Å². The van der Waals surface area contributed by atoms with Gasteiger partial charge in [0.25, 0.3) is 0 Å². The van der Waals surface area contributed by atoms with Gasteiger partial charge in [-0.25, -0.2) is 0 Å². The molecule has 4 heteroatoms. The third-order valence-corrected chi connectivity index (χ3v) is 4.56. The van der Waals surface area contributed by atoms with Crippen molar-refractivity contribution in [2.24, 2.45) is 5.92 Å². The van der Waals surface area contributed by atoms with Gasteiger partial charge in [-0.2, -0.15) is 5.26 Å². The lowest BCUT2D eigenvalue weighted by Gasteiger charge is -2.32. The third kappa shape index (κ3) is 4.08.